The smallest absolute Gasteiger partial charge is 0.224 e. The molecule has 2 aromatic rings. The molecule has 148 valence electrons. The van der Waals surface area contributed by atoms with Gasteiger partial charge in [-0.25, -0.2) is 4.39 Å². The van der Waals surface area contributed by atoms with Gasteiger partial charge < -0.3 is 15.1 Å². The summed E-state index contributed by atoms with van der Waals surface area (Å²) >= 11 is 0. The van der Waals surface area contributed by atoms with E-state index in [1.54, 1.807) is 19.1 Å². The first-order valence-electron chi connectivity index (χ1n) is 9.66. The zero-order valence-electron chi connectivity index (χ0n) is 16.2. The number of nitrogens with zero attached hydrogens (tertiary/aromatic N) is 2. The highest BCUT2D eigenvalue weighted by molar-refractivity contribution is 5.90. The van der Waals surface area contributed by atoms with Crippen molar-refractivity contribution in [2.45, 2.75) is 26.2 Å². The molecule has 2 aromatic carbocycles. The van der Waals surface area contributed by atoms with Crippen LogP contribution < -0.4 is 10.2 Å². The number of rotatable bonds is 6. The van der Waals surface area contributed by atoms with Crippen molar-refractivity contribution >= 4 is 23.2 Å². The highest BCUT2D eigenvalue weighted by Crippen LogP contribution is 2.20. The number of nitrogens with one attached hydrogen (secondary N) is 1. The molecule has 6 heteroatoms. The number of anilines is 2. The molecule has 1 aliphatic heterocycles. The topological polar surface area (TPSA) is 52.7 Å². The van der Waals surface area contributed by atoms with Crippen LogP contribution in [0.3, 0.4) is 0 Å². The molecule has 28 heavy (non-hydrogen) atoms. The number of benzene rings is 2. The fourth-order valence-corrected chi connectivity index (χ4v) is 3.36. The Labute approximate surface area is 165 Å². The lowest BCUT2D eigenvalue weighted by molar-refractivity contribution is -0.129. The summed E-state index contributed by atoms with van der Waals surface area (Å²) in [6, 6.07) is 14.2. The molecule has 1 saturated heterocycles. The Balaban J connectivity index is 1.43. The summed E-state index contributed by atoms with van der Waals surface area (Å²) in [5, 5.41) is 2.92. The van der Waals surface area contributed by atoms with Gasteiger partial charge in [0, 0.05) is 50.9 Å². The summed E-state index contributed by atoms with van der Waals surface area (Å²) in [4.78, 5) is 27.6. The Hall–Kier alpha value is -2.89. The van der Waals surface area contributed by atoms with Crippen LogP contribution in [-0.2, 0) is 16.0 Å². The fourth-order valence-electron chi connectivity index (χ4n) is 3.36. The maximum atomic E-state index is 12.9. The average Bonchev–Trinajstić information content (AvgIpc) is 2.70. The maximum Gasteiger partial charge on any atom is 0.224 e. The van der Waals surface area contributed by atoms with Gasteiger partial charge >= 0.3 is 0 Å². The summed E-state index contributed by atoms with van der Waals surface area (Å²) in [5.74, 6) is -0.146. The number of hydrogen-bond acceptors (Lipinski definition) is 3. The number of carbonyl (C=O) groups is 2. The van der Waals surface area contributed by atoms with Crippen molar-refractivity contribution in [3.63, 3.8) is 0 Å². The molecular formula is C22H26FN3O2. The van der Waals surface area contributed by atoms with Crippen molar-refractivity contribution in [3.8, 4) is 0 Å². The van der Waals surface area contributed by atoms with Crippen LogP contribution in [0.1, 0.15) is 25.3 Å². The predicted octanol–water partition coefficient (Wildman–Crippen LogP) is 3.46. The molecule has 0 radical (unpaired) electrons. The minimum atomic E-state index is -0.245. The third kappa shape index (κ3) is 5.55. The number of hydrogen-bond donors (Lipinski definition) is 1. The van der Waals surface area contributed by atoms with Crippen LogP contribution in [0.4, 0.5) is 15.8 Å². The van der Waals surface area contributed by atoms with Crippen LogP contribution in [0.2, 0.25) is 0 Å². The third-order valence-corrected chi connectivity index (χ3v) is 5.02. The van der Waals surface area contributed by atoms with E-state index < -0.39 is 0 Å². The summed E-state index contributed by atoms with van der Waals surface area (Å²) in [6.45, 7) is 4.71. The van der Waals surface area contributed by atoms with E-state index in [0.29, 0.717) is 6.42 Å². The van der Waals surface area contributed by atoms with Crippen LogP contribution in [0.5, 0.6) is 0 Å². The average molecular weight is 383 g/mol. The minimum Gasteiger partial charge on any atom is -0.368 e. The zero-order valence-corrected chi connectivity index (χ0v) is 16.2. The normalized spacial score (nSPS) is 14.1. The number of amides is 2. The molecular weight excluding hydrogens is 357 g/mol. The first kappa shape index (κ1) is 19.9. The molecule has 1 fully saturated rings. The molecule has 1 heterocycles. The Morgan fingerprint density at radius 2 is 1.61 bits per heavy atom. The van der Waals surface area contributed by atoms with E-state index in [2.05, 4.69) is 10.2 Å². The van der Waals surface area contributed by atoms with Gasteiger partial charge in [0.25, 0.3) is 0 Å². The number of piperazine rings is 1. The van der Waals surface area contributed by atoms with Crippen LogP contribution in [0.25, 0.3) is 0 Å². The van der Waals surface area contributed by atoms with Crippen molar-refractivity contribution in [1.82, 2.24) is 4.90 Å². The molecule has 0 unspecified atom stereocenters. The van der Waals surface area contributed by atoms with E-state index >= 15 is 0 Å². The molecule has 0 aliphatic carbocycles. The predicted molar refractivity (Wildman–Crippen MR) is 109 cm³/mol. The van der Waals surface area contributed by atoms with Gasteiger partial charge in [0.1, 0.15) is 5.82 Å². The highest BCUT2D eigenvalue weighted by Gasteiger charge is 2.18. The van der Waals surface area contributed by atoms with Crippen LogP contribution in [-0.4, -0.2) is 42.9 Å². The molecule has 0 bridgehead atoms. The van der Waals surface area contributed by atoms with Crippen molar-refractivity contribution in [3.05, 3.63) is 59.9 Å². The first-order chi connectivity index (χ1) is 13.5. The van der Waals surface area contributed by atoms with Crippen LogP contribution in [0, 0.1) is 5.82 Å². The maximum absolute atomic E-state index is 12.9. The van der Waals surface area contributed by atoms with Gasteiger partial charge in [-0.15, -0.1) is 0 Å². The first-order valence-corrected chi connectivity index (χ1v) is 9.66. The van der Waals surface area contributed by atoms with Gasteiger partial charge in [-0.05, 0) is 54.8 Å². The largest absolute Gasteiger partial charge is 0.368 e. The van der Waals surface area contributed by atoms with E-state index in [0.717, 1.165) is 56.0 Å². The van der Waals surface area contributed by atoms with Crippen molar-refractivity contribution in [2.75, 3.05) is 36.4 Å². The molecule has 0 aromatic heterocycles. The number of carbonyl (C=O) groups excluding carboxylic acids is 2. The second-order valence-electron chi connectivity index (χ2n) is 7.07. The molecule has 0 saturated carbocycles. The van der Waals surface area contributed by atoms with Gasteiger partial charge in [-0.3, -0.25) is 9.59 Å². The van der Waals surface area contributed by atoms with Gasteiger partial charge in [0.15, 0.2) is 0 Å². The Morgan fingerprint density at radius 3 is 2.21 bits per heavy atom. The second-order valence-corrected chi connectivity index (χ2v) is 7.07. The quantitative estimate of drug-likeness (QED) is 0.831. The van der Waals surface area contributed by atoms with Gasteiger partial charge in [-0.2, -0.15) is 0 Å². The van der Waals surface area contributed by atoms with E-state index in [-0.39, 0.29) is 17.6 Å². The lowest BCUT2D eigenvalue weighted by atomic mass is 10.1. The van der Waals surface area contributed by atoms with E-state index in [1.165, 1.54) is 12.1 Å². The summed E-state index contributed by atoms with van der Waals surface area (Å²) in [5.41, 5.74) is 2.90. The molecule has 1 aliphatic rings. The molecule has 0 atom stereocenters. The van der Waals surface area contributed by atoms with Gasteiger partial charge in [0.05, 0.1) is 0 Å². The van der Waals surface area contributed by atoms with Crippen LogP contribution in [0.15, 0.2) is 48.5 Å². The molecule has 1 N–H and O–H groups in total. The second kappa shape index (κ2) is 9.35. The van der Waals surface area contributed by atoms with E-state index in [1.807, 2.05) is 29.2 Å². The summed E-state index contributed by atoms with van der Waals surface area (Å²) < 4.78 is 12.9. The van der Waals surface area contributed by atoms with Gasteiger partial charge in [0.2, 0.25) is 11.8 Å². The van der Waals surface area contributed by atoms with Crippen molar-refractivity contribution in [1.29, 1.82) is 0 Å². The number of aryl methyl sites for hydroxylation is 1. The molecule has 0 spiro atoms. The summed E-state index contributed by atoms with van der Waals surface area (Å²) in [7, 11) is 0. The number of halogens is 1. The van der Waals surface area contributed by atoms with E-state index in [9.17, 15) is 14.0 Å². The fraction of sp³-hybridized carbons (Fsp3) is 0.364. The molecule has 2 amide bonds. The molecule has 5 nitrogen and oxygen atoms in total. The Morgan fingerprint density at radius 1 is 0.964 bits per heavy atom. The minimum absolute atomic E-state index is 0.0232. The Kier molecular flexibility index (Phi) is 6.63. The van der Waals surface area contributed by atoms with E-state index in [4.69, 9.17) is 0 Å². The lowest BCUT2D eigenvalue weighted by Crippen LogP contribution is -2.48. The zero-order chi connectivity index (χ0) is 19.9. The van der Waals surface area contributed by atoms with Crippen molar-refractivity contribution in [2.24, 2.45) is 0 Å². The standard InChI is InChI=1S/C22H26FN3O2/c1-17(27)25-13-15-26(16-14-25)21-11-9-20(10-12-21)24-22(28)4-2-3-18-5-7-19(23)8-6-18/h5-12H,2-4,13-16H2,1H3,(H,24,28). The SMILES string of the molecule is CC(=O)N1CCN(c2ccc(NC(=O)CCCc3ccc(F)cc3)cc2)CC1. The molecule has 3 rings (SSSR count). The lowest BCUT2D eigenvalue weighted by Gasteiger charge is -2.35. The highest BCUT2D eigenvalue weighted by atomic mass is 19.1. The summed E-state index contributed by atoms with van der Waals surface area (Å²) in [6.07, 6.45) is 1.89. The van der Waals surface area contributed by atoms with Crippen LogP contribution >= 0.6 is 0 Å². The van der Waals surface area contributed by atoms with Crippen molar-refractivity contribution < 1.29 is 14.0 Å². The van der Waals surface area contributed by atoms with Gasteiger partial charge in [-0.1, -0.05) is 12.1 Å². The third-order valence-electron chi connectivity index (χ3n) is 5.02. The Bertz CT molecular complexity index is 798. The monoisotopic (exact) mass is 383 g/mol.